The van der Waals surface area contributed by atoms with Crippen molar-refractivity contribution in [1.82, 2.24) is 0 Å². The molecular formula is C18H19ClO2. The molecule has 0 unspecified atom stereocenters. The van der Waals surface area contributed by atoms with Gasteiger partial charge in [-0.05, 0) is 31.5 Å². The molecular weight excluding hydrogens is 284 g/mol. The van der Waals surface area contributed by atoms with Crippen molar-refractivity contribution in [3.63, 3.8) is 0 Å². The molecule has 0 bridgehead atoms. The van der Waals surface area contributed by atoms with Crippen LogP contribution in [0, 0.1) is 13.8 Å². The molecule has 0 aliphatic heterocycles. The Morgan fingerprint density at radius 2 is 1.71 bits per heavy atom. The molecule has 0 heterocycles. The van der Waals surface area contributed by atoms with Crippen molar-refractivity contribution in [1.29, 1.82) is 0 Å². The third-order valence-corrected chi connectivity index (χ3v) is 3.46. The molecule has 0 aromatic heterocycles. The van der Waals surface area contributed by atoms with E-state index in [1.165, 1.54) is 5.56 Å². The summed E-state index contributed by atoms with van der Waals surface area (Å²) < 4.78 is 5.82. The lowest BCUT2D eigenvalue weighted by atomic mass is 10.0. The molecule has 110 valence electrons. The van der Waals surface area contributed by atoms with Gasteiger partial charge in [0.15, 0.2) is 5.78 Å². The lowest BCUT2D eigenvalue weighted by Gasteiger charge is -2.12. The second-order valence-electron chi connectivity index (χ2n) is 5.14. The maximum Gasteiger partial charge on any atom is 0.167 e. The van der Waals surface area contributed by atoms with Crippen LogP contribution in [0.2, 0.25) is 0 Å². The van der Waals surface area contributed by atoms with Gasteiger partial charge in [-0.2, -0.15) is 0 Å². The number of carbonyl (C=O) groups is 1. The molecule has 0 radical (unpaired) electrons. The van der Waals surface area contributed by atoms with E-state index in [1.54, 1.807) is 0 Å². The Hall–Kier alpha value is -1.80. The highest BCUT2D eigenvalue weighted by Crippen LogP contribution is 2.23. The second-order valence-corrected chi connectivity index (χ2v) is 5.51. The van der Waals surface area contributed by atoms with Crippen LogP contribution in [0.3, 0.4) is 0 Å². The van der Waals surface area contributed by atoms with E-state index in [9.17, 15) is 4.79 Å². The number of alkyl halides is 1. The molecule has 2 rings (SSSR count). The van der Waals surface area contributed by atoms with Gasteiger partial charge in [0.25, 0.3) is 0 Å². The fraction of sp³-hybridized carbons (Fsp3) is 0.278. The van der Waals surface area contributed by atoms with Gasteiger partial charge in [-0.25, -0.2) is 0 Å². The maximum absolute atomic E-state index is 12.1. The number of ketones is 1. The standard InChI is InChI=1S/C18H19ClO2/c1-13-3-6-15(7-4-13)12-21-18-8-5-14(2)11-16(18)17(20)9-10-19/h3-8,11H,9-10,12H2,1-2H3. The van der Waals surface area contributed by atoms with Crippen LogP contribution in [0.15, 0.2) is 42.5 Å². The summed E-state index contributed by atoms with van der Waals surface area (Å²) in [6.45, 7) is 4.46. The van der Waals surface area contributed by atoms with Gasteiger partial charge in [0.1, 0.15) is 12.4 Å². The number of aryl methyl sites for hydroxylation is 2. The van der Waals surface area contributed by atoms with E-state index in [4.69, 9.17) is 16.3 Å². The average Bonchev–Trinajstić information content (AvgIpc) is 2.48. The zero-order chi connectivity index (χ0) is 15.2. The molecule has 3 heteroatoms. The van der Waals surface area contributed by atoms with Crippen molar-refractivity contribution in [2.75, 3.05) is 5.88 Å². The van der Waals surface area contributed by atoms with Crippen LogP contribution < -0.4 is 4.74 Å². The minimum absolute atomic E-state index is 0.0209. The summed E-state index contributed by atoms with van der Waals surface area (Å²) in [5.74, 6) is 0.966. The highest BCUT2D eigenvalue weighted by molar-refractivity contribution is 6.19. The van der Waals surface area contributed by atoms with Gasteiger partial charge >= 0.3 is 0 Å². The Kier molecular flexibility index (Phi) is 5.40. The van der Waals surface area contributed by atoms with E-state index in [0.29, 0.717) is 30.2 Å². The van der Waals surface area contributed by atoms with Gasteiger partial charge in [-0.3, -0.25) is 4.79 Å². The first-order valence-corrected chi connectivity index (χ1v) is 7.52. The lowest BCUT2D eigenvalue weighted by molar-refractivity contribution is 0.0984. The number of ether oxygens (including phenoxy) is 1. The van der Waals surface area contributed by atoms with Gasteiger partial charge in [-0.1, -0.05) is 41.5 Å². The Bertz CT molecular complexity index is 618. The second kappa shape index (κ2) is 7.28. The minimum Gasteiger partial charge on any atom is -0.488 e. The molecule has 0 aliphatic carbocycles. The molecule has 0 aliphatic rings. The predicted molar refractivity (Wildman–Crippen MR) is 86.4 cm³/mol. The van der Waals surface area contributed by atoms with Crippen LogP contribution in [-0.4, -0.2) is 11.7 Å². The highest BCUT2D eigenvalue weighted by Gasteiger charge is 2.12. The number of hydrogen-bond donors (Lipinski definition) is 0. The summed E-state index contributed by atoms with van der Waals surface area (Å²) in [6, 6.07) is 13.8. The van der Waals surface area contributed by atoms with Gasteiger partial charge in [0, 0.05) is 12.3 Å². The van der Waals surface area contributed by atoms with Crippen LogP contribution in [-0.2, 0) is 6.61 Å². The average molecular weight is 303 g/mol. The van der Waals surface area contributed by atoms with E-state index in [0.717, 1.165) is 11.1 Å². The van der Waals surface area contributed by atoms with Gasteiger partial charge in [-0.15, -0.1) is 11.6 Å². The molecule has 2 nitrogen and oxygen atoms in total. The fourth-order valence-corrected chi connectivity index (χ4v) is 2.23. The summed E-state index contributed by atoms with van der Waals surface area (Å²) in [5.41, 5.74) is 3.95. The molecule has 0 saturated carbocycles. The van der Waals surface area contributed by atoms with Crippen LogP contribution in [0.4, 0.5) is 0 Å². The smallest absolute Gasteiger partial charge is 0.167 e. The quantitative estimate of drug-likeness (QED) is 0.571. The van der Waals surface area contributed by atoms with Crippen molar-refractivity contribution in [3.8, 4) is 5.75 Å². The molecule has 0 atom stereocenters. The Balaban J connectivity index is 2.15. The summed E-state index contributed by atoms with van der Waals surface area (Å²) in [7, 11) is 0. The molecule has 2 aromatic carbocycles. The number of Topliss-reactive ketones (excluding diaryl/α,β-unsaturated/α-hetero) is 1. The third-order valence-electron chi connectivity index (χ3n) is 3.27. The molecule has 0 saturated heterocycles. The third kappa shape index (κ3) is 4.33. The van der Waals surface area contributed by atoms with Crippen molar-refractivity contribution in [2.24, 2.45) is 0 Å². The number of carbonyl (C=O) groups excluding carboxylic acids is 1. The van der Waals surface area contributed by atoms with Gasteiger partial charge < -0.3 is 4.74 Å². The molecule has 0 N–H and O–H groups in total. The van der Waals surface area contributed by atoms with Crippen molar-refractivity contribution in [3.05, 3.63) is 64.7 Å². The van der Waals surface area contributed by atoms with Crippen LogP contribution >= 0.6 is 11.6 Å². The van der Waals surface area contributed by atoms with Crippen molar-refractivity contribution < 1.29 is 9.53 Å². The van der Waals surface area contributed by atoms with Crippen molar-refractivity contribution >= 4 is 17.4 Å². The number of hydrogen-bond acceptors (Lipinski definition) is 2. The zero-order valence-corrected chi connectivity index (χ0v) is 13.1. The summed E-state index contributed by atoms with van der Waals surface area (Å²) in [4.78, 5) is 12.1. The lowest BCUT2D eigenvalue weighted by Crippen LogP contribution is -2.05. The summed E-state index contributed by atoms with van der Waals surface area (Å²) >= 11 is 5.66. The Morgan fingerprint density at radius 3 is 2.38 bits per heavy atom. The van der Waals surface area contributed by atoms with Crippen LogP contribution in [0.25, 0.3) is 0 Å². The van der Waals surface area contributed by atoms with Gasteiger partial charge in [0.2, 0.25) is 0 Å². The molecule has 0 amide bonds. The molecule has 2 aromatic rings. The maximum atomic E-state index is 12.1. The zero-order valence-electron chi connectivity index (χ0n) is 12.4. The van der Waals surface area contributed by atoms with Gasteiger partial charge in [0.05, 0.1) is 5.56 Å². The minimum atomic E-state index is 0.0209. The van der Waals surface area contributed by atoms with E-state index >= 15 is 0 Å². The van der Waals surface area contributed by atoms with E-state index in [-0.39, 0.29) is 5.78 Å². The van der Waals surface area contributed by atoms with E-state index in [1.807, 2.05) is 56.3 Å². The molecule has 0 spiro atoms. The first kappa shape index (κ1) is 15.6. The summed E-state index contributed by atoms with van der Waals surface area (Å²) in [5, 5.41) is 0. The highest BCUT2D eigenvalue weighted by atomic mass is 35.5. The summed E-state index contributed by atoms with van der Waals surface area (Å²) in [6.07, 6.45) is 0.325. The SMILES string of the molecule is Cc1ccc(COc2ccc(C)cc2C(=O)CCCl)cc1. The van der Waals surface area contributed by atoms with Crippen LogP contribution in [0.5, 0.6) is 5.75 Å². The van der Waals surface area contributed by atoms with Crippen molar-refractivity contribution in [2.45, 2.75) is 26.9 Å². The molecule has 0 fully saturated rings. The van der Waals surface area contributed by atoms with Crippen LogP contribution in [0.1, 0.15) is 33.5 Å². The Labute approximate surface area is 130 Å². The Morgan fingerprint density at radius 1 is 1.05 bits per heavy atom. The number of rotatable bonds is 6. The van der Waals surface area contributed by atoms with E-state index < -0.39 is 0 Å². The predicted octanol–water partition coefficient (Wildman–Crippen LogP) is 4.69. The largest absolute Gasteiger partial charge is 0.488 e. The normalized spacial score (nSPS) is 10.4. The topological polar surface area (TPSA) is 26.3 Å². The first-order chi connectivity index (χ1) is 10.1. The van der Waals surface area contributed by atoms with E-state index in [2.05, 4.69) is 0 Å². The number of halogens is 1. The molecule has 21 heavy (non-hydrogen) atoms. The first-order valence-electron chi connectivity index (χ1n) is 6.98. The number of benzene rings is 2. The fourth-order valence-electron chi connectivity index (χ4n) is 2.05. The monoisotopic (exact) mass is 302 g/mol.